The quantitative estimate of drug-likeness (QED) is 0.580. The van der Waals surface area contributed by atoms with Gasteiger partial charge < -0.3 is 10.1 Å². The molecule has 3 N–H and O–H groups in total. The number of benzene rings is 1. The van der Waals surface area contributed by atoms with Gasteiger partial charge in [-0.1, -0.05) is 23.2 Å². The molecule has 0 spiro atoms. The first kappa shape index (κ1) is 18.7. The van der Waals surface area contributed by atoms with Crippen molar-refractivity contribution in [2.45, 2.75) is 18.2 Å². The number of amides is 1. The van der Waals surface area contributed by atoms with Crippen molar-refractivity contribution < 1.29 is 22.7 Å². The third kappa shape index (κ3) is 5.45. The van der Waals surface area contributed by atoms with Crippen molar-refractivity contribution in [1.82, 2.24) is 5.32 Å². The second kappa shape index (κ2) is 7.77. The maximum Gasteiger partial charge on any atom is 0.302 e. The highest BCUT2D eigenvalue weighted by molar-refractivity contribution is 7.89. The summed E-state index contributed by atoms with van der Waals surface area (Å²) in [7, 11) is -4.07. The predicted octanol–water partition coefficient (Wildman–Crippen LogP) is 1.32. The Bertz CT molecular complexity index is 691. The highest BCUT2D eigenvalue weighted by atomic mass is 35.5. The van der Waals surface area contributed by atoms with Crippen molar-refractivity contribution in [2.75, 3.05) is 13.2 Å². The lowest BCUT2D eigenvalue weighted by molar-refractivity contribution is -0.140. The molecule has 0 aromatic heterocycles. The lowest BCUT2D eigenvalue weighted by Gasteiger charge is -2.09. The number of ether oxygens (including phenoxy) is 1. The van der Waals surface area contributed by atoms with E-state index in [4.69, 9.17) is 33.1 Å². The number of sulfonamides is 1. The van der Waals surface area contributed by atoms with Gasteiger partial charge in [-0.15, -0.1) is 0 Å². The van der Waals surface area contributed by atoms with Gasteiger partial charge in [-0.05, 0) is 18.6 Å². The van der Waals surface area contributed by atoms with E-state index in [0.717, 1.165) is 12.1 Å². The molecular formula is C12H14Cl2N2O5S. The number of hydrogen-bond donors (Lipinski definition) is 2. The molecule has 1 aromatic carbocycles. The number of rotatable bonds is 6. The van der Waals surface area contributed by atoms with Crippen molar-refractivity contribution >= 4 is 45.1 Å². The van der Waals surface area contributed by atoms with Crippen LogP contribution in [0.3, 0.4) is 0 Å². The van der Waals surface area contributed by atoms with Crippen molar-refractivity contribution in [3.8, 4) is 0 Å². The summed E-state index contributed by atoms with van der Waals surface area (Å²) in [5, 5.41) is 7.36. The van der Waals surface area contributed by atoms with Gasteiger partial charge in [0.05, 0.1) is 22.2 Å². The largest absolute Gasteiger partial charge is 0.466 e. The number of carbonyl (C=O) groups is 2. The fourth-order valence-electron chi connectivity index (χ4n) is 1.51. The first-order valence-corrected chi connectivity index (χ1v) is 8.36. The van der Waals surface area contributed by atoms with Crippen LogP contribution in [0.4, 0.5) is 0 Å². The molecule has 0 fully saturated rings. The first-order valence-electron chi connectivity index (χ1n) is 6.06. The lowest BCUT2D eigenvalue weighted by Crippen LogP contribution is -2.26. The molecule has 0 bridgehead atoms. The Morgan fingerprint density at radius 1 is 1.27 bits per heavy atom. The molecule has 0 heterocycles. The summed E-state index contributed by atoms with van der Waals surface area (Å²) in [5.74, 6) is -1.00. The Labute approximate surface area is 137 Å². The zero-order valence-electron chi connectivity index (χ0n) is 11.6. The maximum atomic E-state index is 12.0. The number of hydrogen-bond acceptors (Lipinski definition) is 5. The van der Waals surface area contributed by atoms with Crippen LogP contribution in [-0.4, -0.2) is 33.4 Å². The molecule has 0 atom stereocenters. The molecule has 0 aliphatic rings. The number of halogens is 2. The van der Waals surface area contributed by atoms with E-state index < -0.39 is 21.9 Å². The lowest BCUT2D eigenvalue weighted by atomic mass is 10.2. The van der Waals surface area contributed by atoms with Crippen LogP contribution in [0.1, 0.15) is 23.7 Å². The SMILES string of the molecule is CC(=O)OCCCNC(=O)c1cc(S(N)(=O)=O)c(Cl)cc1Cl. The van der Waals surface area contributed by atoms with Crippen molar-refractivity contribution in [2.24, 2.45) is 5.14 Å². The number of carbonyl (C=O) groups excluding carboxylic acids is 2. The number of nitrogens with one attached hydrogen (secondary N) is 1. The minimum atomic E-state index is -4.07. The molecule has 22 heavy (non-hydrogen) atoms. The van der Waals surface area contributed by atoms with Crippen LogP contribution in [0.25, 0.3) is 0 Å². The van der Waals surface area contributed by atoms with E-state index in [1.165, 1.54) is 6.92 Å². The Morgan fingerprint density at radius 3 is 2.45 bits per heavy atom. The summed E-state index contributed by atoms with van der Waals surface area (Å²) in [5.41, 5.74) is -0.0671. The van der Waals surface area contributed by atoms with E-state index in [9.17, 15) is 18.0 Å². The van der Waals surface area contributed by atoms with Crippen LogP contribution < -0.4 is 10.5 Å². The average Bonchev–Trinajstić information content (AvgIpc) is 2.36. The van der Waals surface area contributed by atoms with Gasteiger partial charge in [0.15, 0.2) is 0 Å². The maximum absolute atomic E-state index is 12.0. The van der Waals surface area contributed by atoms with Crippen LogP contribution in [0, 0.1) is 0 Å². The van der Waals surface area contributed by atoms with Crippen LogP contribution >= 0.6 is 23.2 Å². The van der Waals surface area contributed by atoms with Gasteiger partial charge in [0.25, 0.3) is 5.91 Å². The van der Waals surface area contributed by atoms with Gasteiger partial charge >= 0.3 is 5.97 Å². The van der Waals surface area contributed by atoms with E-state index in [1.54, 1.807) is 0 Å². The molecule has 10 heteroatoms. The molecular weight excluding hydrogens is 355 g/mol. The summed E-state index contributed by atoms with van der Waals surface area (Å²) in [4.78, 5) is 22.1. The molecule has 7 nitrogen and oxygen atoms in total. The summed E-state index contributed by atoms with van der Waals surface area (Å²) in [6.07, 6.45) is 0.401. The zero-order valence-corrected chi connectivity index (χ0v) is 13.9. The molecule has 0 aliphatic heterocycles. The molecule has 122 valence electrons. The van der Waals surface area contributed by atoms with Gasteiger partial charge in [0, 0.05) is 13.5 Å². The number of primary sulfonamides is 1. The van der Waals surface area contributed by atoms with Gasteiger partial charge in [-0.3, -0.25) is 9.59 Å². The normalized spacial score (nSPS) is 11.1. The fourth-order valence-corrected chi connectivity index (χ4v) is 2.91. The third-order valence-electron chi connectivity index (χ3n) is 2.48. The molecule has 1 amide bonds. The minimum absolute atomic E-state index is 0.00474. The highest BCUT2D eigenvalue weighted by Gasteiger charge is 2.19. The Morgan fingerprint density at radius 2 is 1.91 bits per heavy atom. The van der Waals surface area contributed by atoms with Gasteiger partial charge in [-0.25, -0.2) is 13.6 Å². The summed E-state index contributed by atoms with van der Waals surface area (Å²) >= 11 is 11.6. The van der Waals surface area contributed by atoms with E-state index >= 15 is 0 Å². The summed E-state index contributed by atoms with van der Waals surface area (Å²) in [6, 6.07) is 2.15. The monoisotopic (exact) mass is 368 g/mol. The second-order valence-electron chi connectivity index (χ2n) is 4.26. The predicted molar refractivity (Wildman–Crippen MR) is 81.4 cm³/mol. The van der Waals surface area contributed by atoms with Gasteiger partial charge in [0.2, 0.25) is 10.0 Å². The summed E-state index contributed by atoms with van der Waals surface area (Å²) < 4.78 is 27.4. The summed E-state index contributed by atoms with van der Waals surface area (Å²) in [6.45, 7) is 1.66. The minimum Gasteiger partial charge on any atom is -0.466 e. The number of esters is 1. The topological polar surface area (TPSA) is 116 Å². The van der Waals surface area contributed by atoms with E-state index in [2.05, 4.69) is 5.32 Å². The highest BCUT2D eigenvalue weighted by Crippen LogP contribution is 2.27. The molecule has 1 aromatic rings. The van der Waals surface area contributed by atoms with E-state index in [1.807, 2.05) is 0 Å². The molecule has 1 rings (SSSR count). The van der Waals surface area contributed by atoms with Crippen LogP contribution in [-0.2, 0) is 19.6 Å². The van der Waals surface area contributed by atoms with Gasteiger partial charge in [-0.2, -0.15) is 0 Å². The van der Waals surface area contributed by atoms with Crippen molar-refractivity contribution in [3.63, 3.8) is 0 Å². The Balaban J connectivity index is 2.79. The molecule has 0 saturated heterocycles. The Hall–Kier alpha value is -1.35. The molecule has 0 saturated carbocycles. The smallest absolute Gasteiger partial charge is 0.302 e. The van der Waals surface area contributed by atoms with Crippen molar-refractivity contribution in [3.05, 3.63) is 27.7 Å². The second-order valence-corrected chi connectivity index (χ2v) is 6.60. The van der Waals surface area contributed by atoms with Gasteiger partial charge in [0.1, 0.15) is 4.90 Å². The standard InChI is InChI=1S/C12H14Cl2N2O5S/c1-7(17)21-4-2-3-16-12(18)8-5-11(22(15,19)20)10(14)6-9(8)13/h5-6H,2-4H2,1H3,(H,16,18)(H2,15,19,20). The number of nitrogens with two attached hydrogens (primary N) is 1. The van der Waals surface area contributed by atoms with Crippen LogP contribution in [0.5, 0.6) is 0 Å². The molecule has 0 aliphatic carbocycles. The molecule has 0 unspecified atom stereocenters. The van der Waals surface area contributed by atoms with Crippen molar-refractivity contribution in [1.29, 1.82) is 0 Å². The fraction of sp³-hybridized carbons (Fsp3) is 0.333. The molecule has 0 radical (unpaired) electrons. The van der Waals surface area contributed by atoms with Crippen LogP contribution in [0.15, 0.2) is 17.0 Å². The zero-order chi connectivity index (χ0) is 16.9. The van der Waals surface area contributed by atoms with Crippen LogP contribution in [0.2, 0.25) is 10.0 Å². The first-order chi connectivity index (χ1) is 10.1. The Kier molecular flexibility index (Phi) is 6.61. The third-order valence-corrected chi connectivity index (χ3v) is 4.17. The van der Waals surface area contributed by atoms with E-state index in [-0.39, 0.29) is 33.7 Å². The average molecular weight is 369 g/mol. The van der Waals surface area contributed by atoms with E-state index in [0.29, 0.717) is 6.42 Å².